The van der Waals surface area contributed by atoms with Crippen LogP contribution in [0.2, 0.25) is 0 Å². The number of halogens is 1. The van der Waals surface area contributed by atoms with E-state index in [9.17, 15) is 9.18 Å². The van der Waals surface area contributed by atoms with Gasteiger partial charge in [0.15, 0.2) is 0 Å². The second-order valence-electron chi connectivity index (χ2n) is 3.99. The van der Waals surface area contributed by atoms with Crippen molar-refractivity contribution in [3.63, 3.8) is 0 Å². The SMILES string of the molecule is Cc1nc(CC(=O)O)ccc1-c1ccccc1F. The average Bonchev–Trinajstić information content (AvgIpc) is 2.30. The highest BCUT2D eigenvalue weighted by atomic mass is 19.1. The summed E-state index contributed by atoms with van der Waals surface area (Å²) in [5.74, 6) is -1.24. The van der Waals surface area contributed by atoms with Gasteiger partial charge in [-0.25, -0.2) is 4.39 Å². The third-order valence-corrected chi connectivity index (χ3v) is 2.64. The minimum absolute atomic E-state index is 0.127. The second kappa shape index (κ2) is 4.96. The van der Waals surface area contributed by atoms with Gasteiger partial charge in [0, 0.05) is 16.8 Å². The normalized spacial score (nSPS) is 10.3. The number of benzene rings is 1. The molecule has 2 rings (SSSR count). The summed E-state index contributed by atoms with van der Waals surface area (Å²) in [6, 6.07) is 9.77. The lowest BCUT2D eigenvalue weighted by molar-refractivity contribution is -0.136. The molecule has 0 atom stereocenters. The molecule has 0 saturated heterocycles. The maximum Gasteiger partial charge on any atom is 0.309 e. The molecule has 3 nitrogen and oxygen atoms in total. The Morgan fingerprint density at radius 1 is 1.22 bits per heavy atom. The Kier molecular flexibility index (Phi) is 3.37. The average molecular weight is 245 g/mol. The molecule has 0 amide bonds. The van der Waals surface area contributed by atoms with Gasteiger partial charge >= 0.3 is 5.97 Å². The van der Waals surface area contributed by atoms with Crippen LogP contribution in [0.1, 0.15) is 11.4 Å². The summed E-state index contributed by atoms with van der Waals surface area (Å²) in [6.45, 7) is 1.74. The fourth-order valence-electron chi connectivity index (χ4n) is 1.83. The van der Waals surface area contributed by atoms with Crippen LogP contribution >= 0.6 is 0 Å². The molecular weight excluding hydrogens is 233 g/mol. The van der Waals surface area contributed by atoms with Crippen molar-refractivity contribution in [2.75, 3.05) is 0 Å². The molecule has 0 fully saturated rings. The Hall–Kier alpha value is -2.23. The van der Waals surface area contributed by atoms with Crippen molar-refractivity contribution in [2.24, 2.45) is 0 Å². The fourth-order valence-corrected chi connectivity index (χ4v) is 1.83. The molecule has 0 bridgehead atoms. The molecule has 92 valence electrons. The molecule has 2 aromatic rings. The number of rotatable bonds is 3. The van der Waals surface area contributed by atoms with Gasteiger partial charge in [0.2, 0.25) is 0 Å². The summed E-state index contributed by atoms with van der Waals surface area (Å²) in [4.78, 5) is 14.8. The molecule has 1 aromatic carbocycles. The molecule has 1 aromatic heterocycles. The van der Waals surface area contributed by atoms with Crippen molar-refractivity contribution in [3.8, 4) is 11.1 Å². The highest BCUT2D eigenvalue weighted by molar-refractivity contribution is 5.71. The molecule has 0 aliphatic carbocycles. The Bertz CT molecular complexity index is 596. The minimum atomic E-state index is -0.930. The first-order chi connectivity index (χ1) is 8.58. The quantitative estimate of drug-likeness (QED) is 0.904. The number of hydrogen-bond acceptors (Lipinski definition) is 2. The van der Waals surface area contributed by atoms with Gasteiger partial charge in [-0.15, -0.1) is 0 Å². The van der Waals surface area contributed by atoms with E-state index in [1.807, 2.05) is 0 Å². The number of aryl methyl sites for hydroxylation is 1. The lowest BCUT2D eigenvalue weighted by Crippen LogP contribution is -2.03. The van der Waals surface area contributed by atoms with E-state index in [1.54, 1.807) is 37.3 Å². The van der Waals surface area contributed by atoms with Crippen LogP contribution in [0.15, 0.2) is 36.4 Å². The van der Waals surface area contributed by atoms with E-state index in [4.69, 9.17) is 5.11 Å². The van der Waals surface area contributed by atoms with E-state index in [0.717, 1.165) is 0 Å². The summed E-state index contributed by atoms with van der Waals surface area (Å²) in [7, 11) is 0. The number of carboxylic acids is 1. The monoisotopic (exact) mass is 245 g/mol. The number of aromatic nitrogens is 1. The van der Waals surface area contributed by atoms with Crippen molar-refractivity contribution >= 4 is 5.97 Å². The first-order valence-corrected chi connectivity index (χ1v) is 5.51. The number of carbonyl (C=O) groups is 1. The van der Waals surface area contributed by atoms with E-state index in [-0.39, 0.29) is 12.2 Å². The van der Waals surface area contributed by atoms with Gasteiger partial charge in [-0.05, 0) is 19.1 Å². The van der Waals surface area contributed by atoms with Crippen LogP contribution in [0.3, 0.4) is 0 Å². The number of nitrogens with zero attached hydrogens (tertiary/aromatic N) is 1. The molecule has 4 heteroatoms. The predicted octanol–water partition coefficient (Wildman–Crippen LogP) is 2.82. The van der Waals surface area contributed by atoms with E-state index >= 15 is 0 Å². The fraction of sp³-hybridized carbons (Fsp3) is 0.143. The summed E-state index contributed by atoms with van der Waals surface area (Å²) < 4.78 is 13.6. The molecule has 0 radical (unpaired) electrons. The molecular formula is C14H12FNO2. The van der Waals surface area contributed by atoms with E-state index in [2.05, 4.69) is 4.98 Å². The Balaban J connectivity index is 2.42. The number of aliphatic carboxylic acids is 1. The Labute approximate surface area is 104 Å². The van der Waals surface area contributed by atoms with Crippen LogP contribution in [0.25, 0.3) is 11.1 Å². The largest absolute Gasteiger partial charge is 0.481 e. The lowest BCUT2D eigenvalue weighted by Gasteiger charge is -2.08. The molecule has 0 spiro atoms. The molecule has 0 aliphatic rings. The maximum atomic E-state index is 13.6. The highest BCUT2D eigenvalue weighted by Crippen LogP contribution is 2.25. The summed E-state index contributed by atoms with van der Waals surface area (Å²) in [5, 5.41) is 8.69. The third-order valence-electron chi connectivity index (χ3n) is 2.64. The Morgan fingerprint density at radius 3 is 2.56 bits per heavy atom. The van der Waals surface area contributed by atoms with Crippen LogP contribution in [-0.4, -0.2) is 16.1 Å². The van der Waals surface area contributed by atoms with Crippen LogP contribution in [0, 0.1) is 12.7 Å². The zero-order valence-electron chi connectivity index (χ0n) is 9.85. The van der Waals surface area contributed by atoms with Gasteiger partial charge in [0.25, 0.3) is 0 Å². The number of carboxylic acid groups (broad SMARTS) is 1. The zero-order valence-corrected chi connectivity index (χ0v) is 9.85. The van der Waals surface area contributed by atoms with Crippen molar-refractivity contribution in [1.82, 2.24) is 4.98 Å². The van der Waals surface area contributed by atoms with Gasteiger partial charge in [0.05, 0.1) is 12.1 Å². The molecule has 0 aliphatic heterocycles. The first-order valence-electron chi connectivity index (χ1n) is 5.51. The van der Waals surface area contributed by atoms with Gasteiger partial charge < -0.3 is 5.11 Å². The predicted molar refractivity (Wildman–Crippen MR) is 65.7 cm³/mol. The maximum absolute atomic E-state index is 13.6. The number of pyridine rings is 1. The van der Waals surface area contributed by atoms with Crippen LogP contribution in [-0.2, 0) is 11.2 Å². The topological polar surface area (TPSA) is 50.2 Å². The van der Waals surface area contributed by atoms with Crippen molar-refractivity contribution < 1.29 is 14.3 Å². The van der Waals surface area contributed by atoms with Crippen LogP contribution < -0.4 is 0 Å². The summed E-state index contributed by atoms with van der Waals surface area (Å²) >= 11 is 0. The smallest absolute Gasteiger partial charge is 0.309 e. The van der Waals surface area contributed by atoms with Crippen molar-refractivity contribution in [1.29, 1.82) is 0 Å². The molecule has 18 heavy (non-hydrogen) atoms. The van der Waals surface area contributed by atoms with Crippen molar-refractivity contribution in [2.45, 2.75) is 13.3 Å². The summed E-state index contributed by atoms with van der Waals surface area (Å²) in [6.07, 6.45) is -0.127. The summed E-state index contributed by atoms with van der Waals surface area (Å²) in [5.41, 5.74) is 2.26. The first kappa shape index (κ1) is 12.2. The Morgan fingerprint density at radius 2 is 1.94 bits per heavy atom. The van der Waals surface area contributed by atoms with Crippen molar-refractivity contribution in [3.05, 3.63) is 53.6 Å². The zero-order chi connectivity index (χ0) is 13.1. The minimum Gasteiger partial charge on any atom is -0.481 e. The van der Waals surface area contributed by atoms with Gasteiger partial charge in [-0.3, -0.25) is 9.78 Å². The molecule has 0 unspecified atom stereocenters. The van der Waals surface area contributed by atoms with E-state index in [1.165, 1.54) is 6.07 Å². The molecule has 1 heterocycles. The molecule has 0 saturated carbocycles. The molecule has 1 N–H and O–H groups in total. The van der Waals surface area contributed by atoms with Crippen LogP contribution in [0.5, 0.6) is 0 Å². The number of hydrogen-bond donors (Lipinski definition) is 1. The van der Waals surface area contributed by atoms with E-state index in [0.29, 0.717) is 22.5 Å². The highest BCUT2D eigenvalue weighted by Gasteiger charge is 2.09. The standard InChI is InChI=1S/C14H12FNO2/c1-9-11(12-4-2-3-5-13(12)15)7-6-10(16-9)8-14(17)18/h2-7H,8H2,1H3,(H,17,18). The van der Waals surface area contributed by atoms with Gasteiger partial charge in [-0.1, -0.05) is 24.3 Å². The van der Waals surface area contributed by atoms with Gasteiger partial charge in [-0.2, -0.15) is 0 Å². The van der Waals surface area contributed by atoms with Gasteiger partial charge in [0.1, 0.15) is 5.82 Å². The second-order valence-corrected chi connectivity index (χ2v) is 3.99. The third kappa shape index (κ3) is 2.53. The van der Waals surface area contributed by atoms with Crippen LogP contribution in [0.4, 0.5) is 4.39 Å². The van der Waals surface area contributed by atoms with E-state index < -0.39 is 5.97 Å². The lowest BCUT2D eigenvalue weighted by atomic mass is 10.0.